The van der Waals surface area contributed by atoms with Crippen molar-refractivity contribution in [2.24, 2.45) is 10.7 Å². The van der Waals surface area contributed by atoms with Crippen LogP contribution in [0.3, 0.4) is 0 Å². The van der Waals surface area contributed by atoms with Gasteiger partial charge in [-0.2, -0.15) is 0 Å². The molecule has 0 radical (unpaired) electrons. The Morgan fingerprint density at radius 1 is 1.29 bits per heavy atom. The molecule has 2 N–H and O–H groups in total. The van der Waals surface area contributed by atoms with Gasteiger partial charge in [-0.1, -0.05) is 12.1 Å². The number of nitrogens with two attached hydrogens (primary N) is 1. The molecule has 0 unspecified atom stereocenters. The molecule has 0 atom stereocenters. The van der Waals surface area contributed by atoms with Crippen LogP contribution < -0.4 is 5.73 Å². The van der Waals surface area contributed by atoms with Crippen LogP contribution in [0, 0.1) is 5.82 Å². The Hall–Kier alpha value is -1.38. The second-order valence-corrected chi connectivity index (χ2v) is 4.15. The molecule has 2 nitrogen and oxygen atoms in total. The molecule has 0 aliphatic rings. The number of hydrogen-bond donors (Lipinski definition) is 1. The molecule has 3 heteroatoms. The second kappa shape index (κ2) is 3.78. The fourth-order valence-corrected chi connectivity index (χ4v) is 1.09. The number of aliphatic imine (C=N–C) groups is 1. The van der Waals surface area contributed by atoms with E-state index in [4.69, 9.17) is 5.73 Å². The molecule has 0 spiro atoms. The van der Waals surface area contributed by atoms with Gasteiger partial charge in [-0.3, -0.25) is 4.99 Å². The van der Waals surface area contributed by atoms with Crippen molar-refractivity contribution in [3.63, 3.8) is 0 Å². The van der Waals surface area contributed by atoms with Crippen molar-refractivity contribution in [1.82, 2.24) is 0 Å². The molecule has 0 amide bonds. The maximum absolute atomic E-state index is 13.3. The zero-order valence-electron chi connectivity index (χ0n) is 8.71. The maximum Gasteiger partial charge on any atom is 0.134 e. The summed E-state index contributed by atoms with van der Waals surface area (Å²) in [6.07, 6.45) is 0. The molecule has 0 heterocycles. The summed E-state index contributed by atoms with van der Waals surface area (Å²) in [6.45, 7) is 5.75. The minimum Gasteiger partial charge on any atom is -0.383 e. The monoisotopic (exact) mass is 194 g/mol. The van der Waals surface area contributed by atoms with E-state index in [0.29, 0.717) is 5.56 Å². The minimum absolute atomic E-state index is 0.246. The van der Waals surface area contributed by atoms with Crippen LogP contribution in [-0.4, -0.2) is 11.4 Å². The predicted octanol–water partition coefficient (Wildman–Crippen LogP) is 2.33. The van der Waals surface area contributed by atoms with Crippen molar-refractivity contribution in [3.8, 4) is 0 Å². The van der Waals surface area contributed by atoms with E-state index in [1.165, 1.54) is 6.07 Å². The lowest BCUT2D eigenvalue weighted by Gasteiger charge is -2.13. The Balaban J connectivity index is 3.07. The van der Waals surface area contributed by atoms with Gasteiger partial charge in [-0.25, -0.2) is 4.39 Å². The molecular formula is C11H15FN2. The molecule has 0 fully saturated rings. The van der Waals surface area contributed by atoms with Gasteiger partial charge in [0.05, 0.1) is 11.1 Å². The van der Waals surface area contributed by atoms with E-state index in [0.717, 1.165) is 0 Å². The lowest BCUT2D eigenvalue weighted by atomic mass is 10.1. The Morgan fingerprint density at radius 2 is 1.86 bits per heavy atom. The summed E-state index contributed by atoms with van der Waals surface area (Å²) in [7, 11) is 0. The molecular weight excluding hydrogens is 179 g/mol. The molecule has 1 aromatic rings. The average molecular weight is 194 g/mol. The summed E-state index contributed by atoms with van der Waals surface area (Å²) in [6, 6.07) is 6.37. The van der Waals surface area contributed by atoms with Gasteiger partial charge in [0.15, 0.2) is 0 Å². The number of benzene rings is 1. The Labute approximate surface area is 83.7 Å². The van der Waals surface area contributed by atoms with Crippen LogP contribution in [0.1, 0.15) is 26.3 Å². The van der Waals surface area contributed by atoms with Crippen LogP contribution in [0.25, 0.3) is 0 Å². The second-order valence-electron chi connectivity index (χ2n) is 4.15. The molecule has 1 aromatic carbocycles. The fourth-order valence-electron chi connectivity index (χ4n) is 1.09. The van der Waals surface area contributed by atoms with E-state index in [9.17, 15) is 4.39 Å². The Kier molecular flexibility index (Phi) is 2.89. The molecule has 1 rings (SSSR count). The zero-order chi connectivity index (χ0) is 10.8. The van der Waals surface area contributed by atoms with Gasteiger partial charge in [-0.15, -0.1) is 0 Å². The average Bonchev–Trinajstić information content (AvgIpc) is 2.01. The number of rotatable bonds is 1. The van der Waals surface area contributed by atoms with Crippen LogP contribution >= 0.6 is 0 Å². The van der Waals surface area contributed by atoms with Crippen LogP contribution in [0.15, 0.2) is 29.3 Å². The number of halogens is 1. The first-order valence-electron chi connectivity index (χ1n) is 4.50. The molecule has 0 aliphatic heterocycles. The first kappa shape index (κ1) is 10.7. The van der Waals surface area contributed by atoms with E-state index >= 15 is 0 Å². The SMILES string of the molecule is CC(C)(C)N=C(N)c1ccccc1F. The molecule has 0 saturated heterocycles. The van der Waals surface area contributed by atoms with Crippen LogP contribution in [0.2, 0.25) is 0 Å². The van der Waals surface area contributed by atoms with Crippen LogP contribution in [0.4, 0.5) is 4.39 Å². The van der Waals surface area contributed by atoms with Gasteiger partial charge in [0.2, 0.25) is 0 Å². The molecule has 14 heavy (non-hydrogen) atoms. The highest BCUT2D eigenvalue weighted by atomic mass is 19.1. The van der Waals surface area contributed by atoms with Crippen molar-refractivity contribution in [2.45, 2.75) is 26.3 Å². The van der Waals surface area contributed by atoms with Crippen molar-refractivity contribution in [3.05, 3.63) is 35.6 Å². The number of nitrogens with zero attached hydrogens (tertiary/aromatic N) is 1. The molecule has 76 valence electrons. The number of hydrogen-bond acceptors (Lipinski definition) is 1. The third kappa shape index (κ3) is 2.83. The van der Waals surface area contributed by atoms with Gasteiger partial charge in [-0.05, 0) is 32.9 Å². The standard InChI is InChI=1S/C11H15FN2/c1-11(2,3)14-10(13)8-6-4-5-7-9(8)12/h4-7H,1-3H3,(H2,13,14). The van der Waals surface area contributed by atoms with Crippen molar-refractivity contribution in [2.75, 3.05) is 0 Å². The van der Waals surface area contributed by atoms with Gasteiger partial charge in [0.1, 0.15) is 11.7 Å². The maximum atomic E-state index is 13.3. The largest absolute Gasteiger partial charge is 0.383 e. The van der Waals surface area contributed by atoms with Gasteiger partial charge in [0.25, 0.3) is 0 Å². The van der Waals surface area contributed by atoms with E-state index in [1.807, 2.05) is 20.8 Å². The molecule has 0 aromatic heterocycles. The smallest absolute Gasteiger partial charge is 0.134 e. The summed E-state index contributed by atoms with van der Waals surface area (Å²) < 4.78 is 13.3. The van der Waals surface area contributed by atoms with Crippen LogP contribution in [-0.2, 0) is 0 Å². The lowest BCUT2D eigenvalue weighted by Crippen LogP contribution is -2.22. The summed E-state index contributed by atoms with van der Waals surface area (Å²) in [5.41, 5.74) is 5.77. The Morgan fingerprint density at radius 3 is 2.36 bits per heavy atom. The van der Waals surface area contributed by atoms with Crippen molar-refractivity contribution >= 4 is 5.84 Å². The van der Waals surface area contributed by atoms with Crippen molar-refractivity contribution < 1.29 is 4.39 Å². The lowest BCUT2D eigenvalue weighted by molar-refractivity contribution is 0.581. The number of amidine groups is 1. The fraction of sp³-hybridized carbons (Fsp3) is 0.364. The summed E-state index contributed by atoms with van der Waals surface area (Å²) in [5.74, 6) is -0.0893. The van der Waals surface area contributed by atoms with E-state index < -0.39 is 0 Å². The summed E-state index contributed by atoms with van der Waals surface area (Å²) in [5, 5.41) is 0. The highest BCUT2D eigenvalue weighted by molar-refractivity contribution is 5.97. The molecule has 0 saturated carbocycles. The Bertz CT molecular complexity index is 351. The van der Waals surface area contributed by atoms with Gasteiger partial charge < -0.3 is 5.73 Å². The van der Waals surface area contributed by atoms with Gasteiger partial charge >= 0.3 is 0 Å². The normalized spacial score (nSPS) is 13.0. The minimum atomic E-state index is -0.335. The zero-order valence-corrected chi connectivity index (χ0v) is 8.71. The molecule has 0 bridgehead atoms. The summed E-state index contributed by atoms with van der Waals surface area (Å²) >= 11 is 0. The molecule has 0 aliphatic carbocycles. The predicted molar refractivity (Wildman–Crippen MR) is 56.9 cm³/mol. The van der Waals surface area contributed by atoms with Crippen molar-refractivity contribution in [1.29, 1.82) is 0 Å². The highest BCUT2D eigenvalue weighted by Gasteiger charge is 2.11. The summed E-state index contributed by atoms with van der Waals surface area (Å²) in [4.78, 5) is 4.19. The topological polar surface area (TPSA) is 38.4 Å². The third-order valence-electron chi connectivity index (χ3n) is 1.61. The van der Waals surface area contributed by atoms with Gasteiger partial charge in [0, 0.05) is 0 Å². The van der Waals surface area contributed by atoms with E-state index in [1.54, 1.807) is 18.2 Å². The van der Waals surface area contributed by atoms with E-state index in [-0.39, 0.29) is 17.2 Å². The van der Waals surface area contributed by atoms with Crippen LogP contribution in [0.5, 0.6) is 0 Å². The first-order chi connectivity index (χ1) is 6.40. The third-order valence-corrected chi connectivity index (χ3v) is 1.61. The quantitative estimate of drug-likeness (QED) is 0.540. The first-order valence-corrected chi connectivity index (χ1v) is 4.50. The van der Waals surface area contributed by atoms with E-state index in [2.05, 4.69) is 4.99 Å². The highest BCUT2D eigenvalue weighted by Crippen LogP contribution is 2.11.